The van der Waals surface area contributed by atoms with E-state index in [9.17, 15) is 22.8 Å². The number of esters is 1. The van der Waals surface area contributed by atoms with Gasteiger partial charge in [-0.25, -0.2) is 9.78 Å². The normalized spacial score (nSPS) is 11.3. The van der Waals surface area contributed by atoms with Gasteiger partial charge in [-0.05, 0) is 18.7 Å². The number of halogens is 3. The molecular weight excluding hydrogens is 329 g/mol. The van der Waals surface area contributed by atoms with Crippen molar-refractivity contribution in [2.75, 3.05) is 24.2 Å². The molecule has 1 aromatic rings. The monoisotopic (exact) mass is 342 g/mol. The lowest BCUT2D eigenvalue weighted by molar-refractivity contribution is -0.0327. The number of nitrogens with one attached hydrogen (secondary N) is 1. The van der Waals surface area contributed by atoms with Crippen molar-refractivity contribution in [2.45, 2.75) is 19.4 Å². The molecule has 1 heterocycles. The van der Waals surface area contributed by atoms with Gasteiger partial charge in [-0.15, -0.1) is 0 Å². The number of ether oxygens (including phenoxy) is 1. The van der Waals surface area contributed by atoms with Crippen LogP contribution in [-0.4, -0.2) is 41.1 Å². The molecule has 0 fully saturated rings. The number of carbonyl (C=O) groups is 2. The van der Waals surface area contributed by atoms with Crippen molar-refractivity contribution in [1.29, 1.82) is 0 Å². The molecule has 1 aromatic heterocycles. The number of Topliss-reactive ketones (excluding diaryl/α,β-unsaturated/α-hetero) is 1. The standard InChI is InChI=1S/C11H13F3N2O3S2/c1-3-19-9(18)7-8(6(2)17)21-10(16-7)15-4-5-20-11(12,13)14/h3-5H2,1-2H3,(H,15,16). The van der Waals surface area contributed by atoms with E-state index >= 15 is 0 Å². The largest absolute Gasteiger partial charge is 0.461 e. The molecule has 0 unspecified atom stereocenters. The van der Waals surface area contributed by atoms with Crippen LogP contribution in [0.2, 0.25) is 0 Å². The first-order valence-corrected chi connectivity index (χ1v) is 7.68. The van der Waals surface area contributed by atoms with Gasteiger partial charge in [0.2, 0.25) is 0 Å². The third-order valence-corrected chi connectivity index (χ3v) is 3.91. The van der Waals surface area contributed by atoms with Gasteiger partial charge < -0.3 is 10.1 Å². The third kappa shape index (κ3) is 5.92. The zero-order chi connectivity index (χ0) is 16.0. The average Bonchev–Trinajstić information content (AvgIpc) is 2.78. The van der Waals surface area contributed by atoms with E-state index < -0.39 is 11.5 Å². The number of hydrogen-bond acceptors (Lipinski definition) is 7. The second-order valence-corrected chi connectivity index (χ2v) is 5.85. The molecule has 0 bridgehead atoms. The van der Waals surface area contributed by atoms with Gasteiger partial charge in [0, 0.05) is 19.2 Å². The Kier molecular flexibility index (Phi) is 6.46. The van der Waals surface area contributed by atoms with E-state index in [1.807, 2.05) is 0 Å². The average molecular weight is 342 g/mol. The van der Waals surface area contributed by atoms with Gasteiger partial charge in [-0.2, -0.15) is 13.2 Å². The quantitative estimate of drug-likeness (QED) is 0.466. The maximum Gasteiger partial charge on any atom is 0.441 e. The van der Waals surface area contributed by atoms with E-state index in [0.717, 1.165) is 11.3 Å². The van der Waals surface area contributed by atoms with Crippen LogP contribution in [0.5, 0.6) is 0 Å². The van der Waals surface area contributed by atoms with Crippen LogP contribution >= 0.6 is 23.1 Å². The Bertz CT molecular complexity index is 517. The summed E-state index contributed by atoms with van der Waals surface area (Å²) in [5, 5.41) is 2.87. The fraction of sp³-hybridized carbons (Fsp3) is 0.545. The Labute approximate surface area is 127 Å². The second kappa shape index (κ2) is 7.64. The number of carbonyl (C=O) groups excluding carboxylic acids is 2. The van der Waals surface area contributed by atoms with E-state index in [1.54, 1.807) is 6.92 Å². The molecule has 10 heteroatoms. The first-order chi connectivity index (χ1) is 9.74. The molecule has 0 aromatic carbocycles. The molecule has 0 atom stereocenters. The number of thiazole rings is 1. The van der Waals surface area contributed by atoms with Crippen LogP contribution in [-0.2, 0) is 4.74 Å². The van der Waals surface area contributed by atoms with Gasteiger partial charge in [0.05, 0.1) is 6.61 Å². The lowest BCUT2D eigenvalue weighted by Crippen LogP contribution is -2.11. The Morgan fingerprint density at radius 3 is 2.62 bits per heavy atom. The van der Waals surface area contributed by atoms with Crippen molar-refractivity contribution in [1.82, 2.24) is 4.98 Å². The van der Waals surface area contributed by atoms with Crippen molar-refractivity contribution in [3.05, 3.63) is 10.6 Å². The first-order valence-electron chi connectivity index (χ1n) is 5.88. The molecule has 0 aliphatic heterocycles. The van der Waals surface area contributed by atoms with Gasteiger partial charge in [0.1, 0.15) is 4.88 Å². The fourth-order valence-corrected chi connectivity index (χ4v) is 2.61. The molecule has 0 saturated heterocycles. The van der Waals surface area contributed by atoms with E-state index in [-0.39, 0.29) is 52.2 Å². The van der Waals surface area contributed by atoms with Crippen molar-refractivity contribution in [3.8, 4) is 0 Å². The number of aromatic nitrogens is 1. The summed E-state index contributed by atoms with van der Waals surface area (Å²) in [7, 11) is 0. The Morgan fingerprint density at radius 2 is 2.10 bits per heavy atom. The lowest BCUT2D eigenvalue weighted by atomic mass is 10.3. The molecule has 0 spiro atoms. The maximum atomic E-state index is 12.0. The van der Waals surface area contributed by atoms with Crippen molar-refractivity contribution >= 4 is 40.0 Å². The van der Waals surface area contributed by atoms with Crippen molar-refractivity contribution in [3.63, 3.8) is 0 Å². The molecule has 5 nitrogen and oxygen atoms in total. The maximum absolute atomic E-state index is 12.0. The van der Waals surface area contributed by atoms with E-state index in [2.05, 4.69) is 10.3 Å². The van der Waals surface area contributed by atoms with Gasteiger partial charge in [0.15, 0.2) is 16.6 Å². The van der Waals surface area contributed by atoms with E-state index in [0.29, 0.717) is 0 Å². The minimum Gasteiger partial charge on any atom is -0.461 e. The summed E-state index contributed by atoms with van der Waals surface area (Å²) in [6.45, 7) is 3.04. The number of thioether (sulfide) groups is 1. The molecule has 118 valence electrons. The third-order valence-electron chi connectivity index (χ3n) is 2.06. The lowest BCUT2D eigenvalue weighted by Gasteiger charge is -2.05. The fourth-order valence-electron chi connectivity index (χ4n) is 1.30. The van der Waals surface area contributed by atoms with Gasteiger partial charge in [-0.1, -0.05) is 11.3 Å². The highest BCUT2D eigenvalue weighted by Gasteiger charge is 2.27. The number of nitrogens with zero attached hydrogens (tertiary/aromatic N) is 1. The number of ketones is 1. The minimum absolute atomic E-state index is 0.0112. The predicted octanol–water partition coefficient (Wildman–Crippen LogP) is 3.19. The molecule has 21 heavy (non-hydrogen) atoms. The molecule has 0 saturated carbocycles. The Balaban J connectivity index is 2.70. The number of anilines is 1. The Morgan fingerprint density at radius 1 is 1.43 bits per heavy atom. The van der Waals surface area contributed by atoms with Gasteiger partial charge in [-0.3, -0.25) is 4.79 Å². The zero-order valence-electron chi connectivity index (χ0n) is 11.2. The molecule has 0 aliphatic carbocycles. The van der Waals surface area contributed by atoms with Crippen LogP contribution in [0.15, 0.2) is 0 Å². The summed E-state index contributed by atoms with van der Waals surface area (Å²) >= 11 is 0.757. The van der Waals surface area contributed by atoms with Crippen LogP contribution in [0.1, 0.15) is 34.0 Å². The van der Waals surface area contributed by atoms with E-state index in [1.165, 1.54) is 6.92 Å². The summed E-state index contributed by atoms with van der Waals surface area (Å²) in [4.78, 5) is 27.1. The second-order valence-electron chi connectivity index (χ2n) is 3.69. The van der Waals surface area contributed by atoms with Crippen molar-refractivity contribution < 1.29 is 27.5 Å². The van der Waals surface area contributed by atoms with Gasteiger partial charge in [0.25, 0.3) is 0 Å². The summed E-state index contributed by atoms with van der Waals surface area (Å²) in [6.07, 6.45) is 0. The molecule has 1 rings (SSSR count). The van der Waals surface area contributed by atoms with Gasteiger partial charge >= 0.3 is 11.5 Å². The van der Waals surface area contributed by atoms with Crippen LogP contribution in [0.4, 0.5) is 18.3 Å². The molecule has 1 N–H and O–H groups in total. The first kappa shape index (κ1) is 17.8. The number of hydrogen-bond donors (Lipinski definition) is 1. The molecule has 0 aliphatic rings. The number of rotatable bonds is 7. The van der Waals surface area contributed by atoms with Crippen LogP contribution in [0, 0.1) is 0 Å². The highest BCUT2D eigenvalue weighted by Crippen LogP contribution is 2.30. The van der Waals surface area contributed by atoms with Crippen LogP contribution in [0.25, 0.3) is 0 Å². The predicted molar refractivity (Wildman–Crippen MR) is 75.1 cm³/mol. The Hall–Kier alpha value is -1.29. The topological polar surface area (TPSA) is 68.3 Å². The summed E-state index contributed by atoms with van der Waals surface area (Å²) < 4.78 is 40.7. The summed E-state index contributed by atoms with van der Waals surface area (Å²) in [5.41, 5.74) is -4.40. The SMILES string of the molecule is CCOC(=O)c1nc(NCCSC(F)(F)F)sc1C(C)=O. The summed E-state index contributed by atoms with van der Waals surface area (Å²) in [6, 6.07) is 0. The summed E-state index contributed by atoms with van der Waals surface area (Å²) in [5.74, 6) is -1.28. The smallest absolute Gasteiger partial charge is 0.441 e. The molecule has 0 amide bonds. The zero-order valence-corrected chi connectivity index (χ0v) is 12.9. The van der Waals surface area contributed by atoms with Crippen LogP contribution < -0.4 is 5.32 Å². The van der Waals surface area contributed by atoms with Crippen LogP contribution in [0.3, 0.4) is 0 Å². The highest BCUT2D eigenvalue weighted by atomic mass is 32.2. The molecular formula is C11H13F3N2O3S2. The molecule has 0 radical (unpaired) electrons. The van der Waals surface area contributed by atoms with E-state index in [4.69, 9.17) is 4.74 Å². The van der Waals surface area contributed by atoms with Crippen molar-refractivity contribution in [2.24, 2.45) is 0 Å². The highest BCUT2D eigenvalue weighted by molar-refractivity contribution is 8.00. The minimum atomic E-state index is -4.29. The number of alkyl halides is 3.